The van der Waals surface area contributed by atoms with E-state index in [4.69, 9.17) is 0 Å². The van der Waals surface area contributed by atoms with Crippen LogP contribution in [-0.4, -0.2) is 19.8 Å². The molecule has 1 aromatic carbocycles. The van der Waals surface area contributed by atoms with E-state index in [0.717, 1.165) is 0 Å². The number of halogens is 2. The lowest BCUT2D eigenvalue weighted by Gasteiger charge is -2.16. The quantitative estimate of drug-likeness (QED) is 0.939. The highest BCUT2D eigenvalue weighted by Crippen LogP contribution is 2.23. The molecule has 4 nitrogen and oxygen atoms in total. The highest BCUT2D eigenvalue weighted by atomic mass is 79.9. The van der Waals surface area contributed by atoms with E-state index in [1.165, 1.54) is 10.6 Å². The van der Waals surface area contributed by atoms with E-state index >= 15 is 0 Å². The van der Waals surface area contributed by atoms with E-state index in [1.807, 2.05) is 0 Å². The molecule has 0 aliphatic rings. The Labute approximate surface area is 118 Å². The van der Waals surface area contributed by atoms with Crippen LogP contribution in [0.5, 0.6) is 0 Å². The molecule has 0 amide bonds. The van der Waals surface area contributed by atoms with Crippen molar-refractivity contribution in [1.82, 2.24) is 9.13 Å². The van der Waals surface area contributed by atoms with Crippen LogP contribution in [0.25, 0.3) is 11.0 Å². The molecule has 2 aromatic rings. The summed E-state index contributed by atoms with van der Waals surface area (Å²) in [5.41, 5.74) is 0.141. The molecule has 0 fully saturated rings. The average molecular weight is 331 g/mol. The first-order chi connectivity index (χ1) is 8.70. The second kappa shape index (κ2) is 4.76. The molecule has 0 radical (unpaired) electrons. The average Bonchev–Trinajstić information content (AvgIpc) is 2.51. The third kappa shape index (κ3) is 2.74. The summed E-state index contributed by atoms with van der Waals surface area (Å²) in [7, 11) is 1.61. The van der Waals surface area contributed by atoms with E-state index in [0.29, 0.717) is 28.5 Å². The number of hydrogen-bond acceptors (Lipinski definition) is 2. The number of benzene rings is 1. The number of aromatic nitrogens is 2. The third-order valence-electron chi connectivity index (χ3n) is 3.13. The Kier molecular flexibility index (Phi) is 3.57. The van der Waals surface area contributed by atoms with Crippen LogP contribution in [0.3, 0.4) is 0 Å². The minimum Gasteiger partial charge on any atom is -0.390 e. The fourth-order valence-electron chi connectivity index (χ4n) is 2.00. The lowest BCUT2D eigenvalue weighted by Crippen LogP contribution is -2.27. The zero-order valence-corrected chi connectivity index (χ0v) is 12.7. The molecular weight excluding hydrogens is 315 g/mol. The number of aliphatic hydroxyl groups is 1. The summed E-state index contributed by atoms with van der Waals surface area (Å²) in [5, 5.41) is 9.76. The van der Waals surface area contributed by atoms with Gasteiger partial charge in [-0.15, -0.1) is 0 Å². The van der Waals surface area contributed by atoms with Gasteiger partial charge in [0, 0.05) is 19.7 Å². The van der Waals surface area contributed by atoms with Crippen LogP contribution in [0.2, 0.25) is 0 Å². The molecule has 0 saturated heterocycles. The summed E-state index contributed by atoms with van der Waals surface area (Å²) < 4.78 is 16.8. The molecule has 0 bridgehead atoms. The van der Waals surface area contributed by atoms with Crippen LogP contribution in [0.4, 0.5) is 4.39 Å². The van der Waals surface area contributed by atoms with Crippen molar-refractivity contribution in [2.75, 3.05) is 0 Å². The summed E-state index contributed by atoms with van der Waals surface area (Å²) in [5.74, 6) is -0.400. The fraction of sp³-hybridized carbons (Fsp3) is 0.462. The van der Waals surface area contributed by atoms with Crippen molar-refractivity contribution in [2.45, 2.75) is 32.4 Å². The van der Waals surface area contributed by atoms with Crippen LogP contribution in [-0.2, 0) is 13.6 Å². The van der Waals surface area contributed by atoms with Gasteiger partial charge in [-0.3, -0.25) is 9.13 Å². The van der Waals surface area contributed by atoms with Crippen LogP contribution in [0.1, 0.15) is 20.3 Å². The molecule has 0 saturated carbocycles. The smallest absolute Gasteiger partial charge is 0.328 e. The van der Waals surface area contributed by atoms with Gasteiger partial charge in [-0.1, -0.05) is 0 Å². The largest absolute Gasteiger partial charge is 0.390 e. The molecule has 0 spiro atoms. The predicted octanol–water partition coefficient (Wildman–Crippen LogP) is 2.40. The van der Waals surface area contributed by atoms with Crippen molar-refractivity contribution in [3.05, 3.63) is 32.9 Å². The molecule has 1 heterocycles. The van der Waals surface area contributed by atoms with Gasteiger partial charge >= 0.3 is 5.69 Å². The van der Waals surface area contributed by atoms with Crippen LogP contribution >= 0.6 is 15.9 Å². The maximum Gasteiger partial charge on any atom is 0.328 e. The van der Waals surface area contributed by atoms with Gasteiger partial charge in [0.1, 0.15) is 5.82 Å². The monoisotopic (exact) mass is 330 g/mol. The van der Waals surface area contributed by atoms with Gasteiger partial charge < -0.3 is 5.11 Å². The van der Waals surface area contributed by atoms with Crippen molar-refractivity contribution < 1.29 is 9.50 Å². The van der Waals surface area contributed by atoms with Crippen LogP contribution in [0, 0.1) is 5.82 Å². The third-order valence-corrected chi connectivity index (χ3v) is 3.74. The standard InChI is InChI=1S/C13H16BrFN2O2/c1-13(2,19)4-5-17-11-6-8(14)9(15)7-10(11)16(3)12(17)18/h6-7,19H,4-5H2,1-3H3. The minimum absolute atomic E-state index is 0.211. The molecule has 1 N–H and O–H groups in total. The molecule has 1 aromatic heterocycles. The van der Waals surface area contributed by atoms with E-state index in [-0.39, 0.29) is 5.69 Å². The van der Waals surface area contributed by atoms with Crippen molar-refractivity contribution in [1.29, 1.82) is 0 Å². The number of imidazole rings is 1. The van der Waals surface area contributed by atoms with E-state index in [9.17, 15) is 14.3 Å². The summed E-state index contributed by atoms with van der Waals surface area (Å²) >= 11 is 3.13. The van der Waals surface area contributed by atoms with E-state index in [2.05, 4.69) is 15.9 Å². The van der Waals surface area contributed by atoms with Gasteiger partial charge in [0.25, 0.3) is 0 Å². The first-order valence-corrected chi connectivity index (χ1v) is 6.76. The Morgan fingerprint density at radius 1 is 1.37 bits per heavy atom. The van der Waals surface area contributed by atoms with Crippen molar-refractivity contribution >= 4 is 27.0 Å². The van der Waals surface area contributed by atoms with E-state index < -0.39 is 11.4 Å². The molecular formula is C13H16BrFN2O2. The maximum atomic E-state index is 13.5. The molecule has 0 aliphatic carbocycles. The highest BCUT2D eigenvalue weighted by molar-refractivity contribution is 9.10. The number of aryl methyl sites for hydroxylation is 2. The number of nitrogens with zero attached hydrogens (tertiary/aromatic N) is 2. The Bertz CT molecular complexity index is 682. The Hall–Kier alpha value is -1.14. The molecule has 19 heavy (non-hydrogen) atoms. The van der Waals surface area contributed by atoms with Gasteiger partial charge in [-0.25, -0.2) is 9.18 Å². The first-order valence-electron chi connectivity index (χ1n) is 5.97. The van der Waals surface area contributed by atoms with E-state index in [1.54, 1.807) is 31.5 Å². The van der Waals surface area contributed by atoms with Crippen molar-refractivity contribution in [3.63, 3.8) is 0 Å². The SMILES string of the molecule is Cn1c(=O)n(CCC(C)(C)O)c2cc(Br)c(F)cc21. The lowest BCUT2D eigenvalue weighted by atomic mass is 10.1. The van der Waals surface area contributed by atoms with Gasteiger partial charge in [-0.05, 0) is 42.3 Å². The van der Waals surface area contributed by atoms with Crippen molar-refractivity contribution in [2.24, 2.45) is 7.05 Å². The predicted molar refractivity (Wildman–Crippen MR) is 75.8 cm³/mol. The summed E-state index contributed by atoms with van der Waals surface area (Å²) in [6.07, 6.45) is 0.445. The highest BCUT2D eigenvalue weighted by Gasteiger charge is 2.17. The lowest BCUT2D eigenvalue weighted by molar-refractivity contribution is 0.0662. The maximum absolute atomic E-state index is 13.5. The number of hydrogen-bond donors (Lipinski definition) is 1. The molecule has 0 atom stereocenters. The second-order valence-corrected chi connectivity index (χ2v) is 6.17. The Morgan fingerprint density at radius 3 is 2.58 bits per heavy atom. The van der Waals surface area contributed by atoms with Gasteiger partial charge in [-0.2, -0.15) is 0 Å². The molecule has 104 valence electrons. The summed E-state index contributed by atoms with van der Waals surface area (Å²) in [4.78, 5) is 12.1. The number of fused-ring (bicyclic) bond motifs is 1. The number of rotatable bonds is 3. The normalized spacial score (nSPS) is 12.3. The van der Waals surface area contributed by atoms with Crippen molar-refractivity contribution in [3.8, 4) is 0 Å². The second-order valence-electron chi connectivity index (χ2n) is 5.31. The zero-order valence-electron chi connectivity index (χ0n) is 11.1. The molecule has 6 heteroatoms. The van der Waals surface area contributed by atoms with Gasteiger partial charge in [0.05, 0.1) is 21.1 Å². The molecule has 0 unspecified atom stereocenters. The topological polar surface area (TPSA) is 47.2 Å². The molecule has 2 rings (SSSR count). The fourth-order valence-corrected chi connectivity index (χ4v) is 2.33. The van der Waals surface area contributed by atoms with Crippen LogP contribution < -0.4 is 5.69 Å². The van der Waals surface area contributed by atoms with Crippen LogP contribution in [0.15, 0.2) is 21.4 Å². The Morgan fingerprint density at radius 2 is 2.00 bits per heavy atom. The minimum atomic E-state index is -0.848. The molecule has 0 aliphatic heterocycles. The van der Waals surface area contributed by atoms with Gasteiger partial charge in [0.2, 0.25) is 0 Å². The summed E-state index contributed by atoms with van der Waals surface area (Å²) in [6.45, 7) is 3.77. The Balaban J connectivity index is 2.58. The van der Waals surface area contributed by atoms with Gasteiger partial charge in [0.15, 0.2) is 0 Å². The zero-order chi connectivity index (χ0) is 14.4. The summed E-state index contributed by atoms with van der Waals surface area (Å²) in [6, 6.07) is 2.93. The first kappa shape index (κ1) is 14.3.